The van der Waals surface area contributed by atoms with E-state index in [1.807, 2.05) is 0 Å². The Balaban J connectivity index is 2.56. The highest BCUT2D eigenvalue weighted by atomic mass is 127. The largest absolute Gasteiger partial charge is 0.303 e. The van der Waals surface area contributed by atoms with E-state index in [1.165, 1.54) is 12.0 Å². The highest BCUT2D eigenvalue weighted by Crippen LogP contribution is 2.12. The molecule has 0 amide bonds. The van der Waals surface area contributed by atoms with Crippen LogP contribution in [0, 0.1) is 5.92 Å². The number of benzene rings is 1. The Labute approximate surface area is 113 Å². The lowest BCUT2D eigenvalue weighted by Gasteiger charge is -2.22. The molecule has 0 radical (unpaired) electrons. The van der Waals surface area contributed by atoms with Crippen LogP contribution >= 0.6 is 22.6 Å². The molecule has 0 aliphatic heterocycles. The molecule has 1 N–H and O–H groups in total. The van der Waals surface area contributed by atoms with Gasteiger partial charge in [-0.1, -0.05) is 66.8 Å². The van der Waals surface area contributed by atoms with Crippen molar-refractivity contribution in [3.8, 4) is 0 Å². The molecule has 0 aliphatic rings. The van der Waals surface area contributed by atoms with Crippen molar-refractivity contribution in [1.29, 1.82) is 0 Å². The zero-order valence-electron chi connectivity index (χ0n) is 10.4. The van der Waals surface area contributed by atoms with Gasteiger partial charge in [-0.25, -0.2) is 0 Å². The number of hydrogen-bond acceptors (Lipinski definition) is 1. The maximum absolute atomic E-state index is 3.65. The summed E-state index contributed by atoms with van der Waals surface area (Å²) in [7, 11) is 0. The second kappa shape index (κ2) is 7.28. The zero-order chi connectivity index (χ0) is 12.0. The fourth-order valence-electron chi connectivity index (χ4n) is 2.00. The summed E-state index contributed by atoms with van der Waals surface area (Å²) in [6, 6.07) is 11.3. The minimum absolute atomic E-state index is 0.532. The summed E-state index contributed by atoms with van der Waals surface area (Å²) in [5, 5.41) is 3.65. The van der Waals surface area contributed by atoms with Gasteiger partial charge in [-0.3, -0.25) is 0 Å². The van der Waals surface area contributed by atoms with Gasteiger partial charge in [0, 0.05) is 6.04 Å². The number of hydrogen-bond donors (Lipinski definition) is 1. The van der Waals surface area contributed by atoms with Crippen molar-refractivity contribution in [3.63, 3.8) is 0 Å². The Kier molecular flexibility index (Phi) is 6.36. The van der Waals surface area contributed by atoms with E-state index in [0.29, 0.717) is 10.1 Å². The molecule has 0 bridgehead atoms. The van der Waals surface area contributed by atoms with E-state index >= 15 is 0 Å². The first-order valence-electron chi connectivity index (χ1n) is 6.02. The van der Waals surface area contributed by atoms with Crippen molar-refractivity contribution in [2.45, 2.75) is 43.7 Å². The highest BCUT2D eigenvalue weighted by Gasteiger charge is 2.12. The molecule has 0 saturated carbocycles. The van der Waals surface area contributed by atoms with Crippen LogP contribution in [-0.4, -0.2) is 10.1 Å². The summed E-state index contributed by atoms with van der Waals surface area (Å²) in [6.07, 6.45) is 2.37. The highest BCUT2D eigenvalue weighted by molar-refractivity contribution is 14.1. The zero-order valence-corrected chi connectivity index (χ0v) is 12.6. The van der Waals surface area contributed by atoms with Crippen LogP contribution in [0.25, 0.3) is 0 Å². The lowest BCUT2D eigenvalue weighted by atomic mass is 9.97. The van der Waals surface area contributed by atoms with Crippen molar-refractivity contribution in [3.05, 3.63) is 35.9 Å². The smallest absolute Gasteiger partial charge is 0.0567 e. The molecule has 1 unspecified atom stereocenters. The van der Waals surface area contributed by atoms with Gasteiger partial charge in [-0.15, -0.1) is 0 Å². The standard InChI is InChI=1S/C14H22IN/c1-11(2)9-14(16-12(3)15)10-13-7-5-4-6-8-13/h4-8,11-12,14,16H,9-10H2,1-3H3/t12?,14-/m1/s1. The third-order valence-electron chi connectivity index (χ3n) is 2.55. The molecule has 16 heavy (non-hydrogen) atoms. The van der Waals surface area contributed by atoms with Gasteiger partial charge < -0.3 is 5.32 Å². The number of nitrogens with one attached hydrogen (secondary N) is 1. The van der Waals surface area contributed by atoms with Crippen LogP contribution in [0.15, 0.2) is 30.3 Å². The number of rotatable bonds is 6. The first-order valence-corrected chi connectivity index (χ1v) is 7.26. The summed E-state index contributed by atoms with van der Waals surface area (Å²) in [5.41, 5.74) is 1.43. The SMILES string of the molecule is CC(C)C[C@H](Cc1ccccc1)NC(C)I. The van der Waals surface area contributed by atoms with Gasteiger partial charge in [0.2, 0.25) is 0 Å². The van der Waals surface area contributed by atoms with Crippen LogP contribution in [0.3, 0.4) is 0 Å². The summed E-state index contributed by atoms with van der Waals surface area (Å²) >= 11 is 2.44. The van der Waals surface area contributed by atoms with Crippen LogP contribution in [0.4, 0.5) is 0 Å². The lowest BCUT2D eigenvalue weighted by molar-refractivity contribution is 0.419. The van der Waals surface area contributed by atoms with Gasteiger partial charge in [0.15, 0.2) is 0 Å². The van der Waals surface area contributed by atoms with Gasteiger partial charge in [0.25, 0.3) is 0 Å². The van der Waals surface area contributed by atoms with E-state index in [0.717, 1.165) is 12.3 Å². The summed E-state index contributed by atoms with van der Waals surface area (Å²) < 4.78 is 0.532. The molecular formula is C14H22IN. The second-order valence-electron chi connectivity index (χ2n) is 4.80. The van der Waals surface area contributed by atoms with E-state index in [9.17, 15) is 0 Å². The molecule has 0 fully saturated rings. The minimum atomic E-state index is 0.532. The average molecular weight is 331 g/mol. The van der Waals surface area contributed by atoms with E-state index in [2.05, 4.69) is 79.0 Å². The van der Waals surface area contributed by atoms with Gasteiger partial charge in [0.05, 0.1) is 4.05 Å². The van der Waals surface area contributed by atoms with Gasteiger partial charge in [-0.05, 0) is 31.2 Å². The van der Waals surface area contributed by atoms with E-state index in [-0.39, 0.29) is 0 Å². The molecule has 0 aliphatic carbocycles. The fraction of sp³-hybridized carbons (Fsp3) is 0.571. The van der Waals surface area contributed by atoms with Crippen molar-refractivity contribution in [2.24, 2.45) is 5.92 Å². The van der Waals surface area contributed by atoms with Crippen LogP contribution < -0.4 is 5.32 Å². The van der Waals surface area contributed by atoms with Crippen LogP contribution in [0.1, 0.15) is 32.8 Å². The van der Waals surface area contributed by atoms with E-state index < -0.39 is 0 Å². The van der Waals surface area contributed by atoms with Crippen molar-refractivity contribution in [1.82, 2.24) is 5.32 Å². The van der Waals surface area contributed by atoms with E-state index in [4.69, 9.17) is 0 Å². The molecule has 2 atom stereocenters. The molecule has 0 heterocycles. The maximum Gasteiger partial charge on any atom is 0.0567 e. The molecule has 0 saturated heterocycles. The van der Waals surface area contributed by atoms with E-state index in [1.54, 1.807) is 0 Å². The summed E-state index contributed by atoms with van der Waals surface area (Å²) in [4.78, 5) is 0. The fourth-order valence-corrected chi connectivity index (χ4v) is 2.51. The molecule has 1 aromatic rings. The second-order valence-corrected chi connectivity index (χ2v) is 6.67. The lowest BCUT2D eigenvalue weighted by Crippen LogP contribution is -2.35. The minimum Gasteiger partial charge on any atom is -0.303 e. The summed E-state index contributed by atoms with van der Waals surface area (Å²) in [5.74, 6) is 0.747. The quantitative estimate of drug-likeness (QED) is 0.472. The molecule has 1 nitrogen and oxygen atoms in total. The molecule has 2 heteroatoms. The monoisotopic (exact) mass is 331 g/mol. The molecule has 90 valence electrons. The van der Waals surface area contributed by atoms with Crippen molar-refractivity contribution >= 4 is 22.6 Å². The Morgan fingerprint density at radius 2 is 1.75 bits per heavy atom. The predicted molar refractivity (Wildman–Crippen MR) is 80.0 cm³/mol. The normalized spacial score (nSPS) is 15.1. The molecule has 0 spiro atoms. The molecule has 0 aromatic heterocycles. The first-order chi connectivity index (χ1) is 7.58. The van der Waals surface area contributed by atoms with Gasteiger partial charge >= 0.3 is 0 Å². The summed E-state index contributed by atoms with van der Waals surface area (Å²) in [6.45, 7) is 6.79. The Morgan fingerprint density at radius 1 is 1.12 bits per heavy atom. The Hall–Kier alpha value is -0.0900. The van der Waals surface area contributed by atoms with Gasteiger partial charge in [-0.2, -0.15) is 0 Å². The average Bonchev–Trinajstić information content (AvgIpc) is 2.16. The third kappa shape index (κ3) is 5.85. The topological polar surface area (TPSA) is 12.0 Å². The van der Waals surface area contributed by atoms with Crippen molar-refractivity contribution < 1.29 is 0 Å². The molecule has 1 rings (SSSR count). The maximum atomic E-state index is 3.65. The van der Waals surface area contributed by atoms with Crippen LogP contribution in [-0.2, 0) is 6.42 Å². The Bertz CT molecular complexity index is 272. The van der Waals surface area contributed by atoms with Crippen molar-refractivity contribution in [2.75, 3.05) is 0 Å². The third-order valence-corrected chi connectivity index (χ3v) is 2.91. The van der Waals surface area contributed by atoms with Gasteiger partial charge in [0.1, 0.15) is 0 Å². The number of alkyl halides is 1. The predicted octanol–water partition coefficient (Wildman–Crippen LogP) is 4.01. The molecular weight excluding hydrogens is 309 g/mol. The molecule has 1 aromatic carbocycles. The van der Waals surface area contributed by atoms with Crippen LogP contribution in [0.5, 0.6) is 0 Å². The number of halogens is 1. The first kappa shape index (κ1) is 14.0. The Morgan fingerprint density at radius 3 is 2.25 bits per heavy atom. The van der Waals surface area contributed by atoms with Crippen LogP contribution in [0.2, 0.25) is 0 Å².